The molecule has 0 spiro atoms. The Kier molecular flexibility index (Phi) is 8.37. The van der Waals surface area contributed by atoms with Crippen LogP contribution in [-0.4, -0.2) is 57.4 Å². The number of benzene rings is 1. The van der Waals surface area contributed by atoms with Crippen molar-refractivity contribution in [1.82, 2.24) is 30.5 Å². The summed E-state index contributed by atoms with van der Waals surface area (Å²) in [6.07, 6.45) is 3.38. The standard InChI is InChI=1S/C26H34N6O4/c1-18-6-9-23-24(14-18)35-13-5-12-32-16-21(29-30-32)15-31(17-22-8-7-19(2)36-22)11-4-10-27-25(33)20(3)28-26(23)34/h6-9,14,16,20H,4-5,10-13,15,17H2,1-3H3,(H,27,33)(H,28,34)/t20-/m1/s1. The Bertz CT molecular complexity index is 1190. The van der Waals surface area contributed by atoms with Gasteiger partial charge in [-0.3, -0.25) is 19.2 Å². The fourth-order valence-corrected chi connectivity index (χ4v) is 4.11. The molecule has 0 saturated carbocycles. The van der Waals surface area contributed by atoms with Crippen LogP contribution in [0.1, 0.15) is 52.9 Å². The van der Waals surface area contributed by atoms with Gasteiger partial charge in [-0.25, -0.2) is 0 Å². The van der Waals surface area contributed by atoms with E-state index in [9.17, 15) is 9.59 Å². The largest absolute Gasteiger partial charge is 0.493 e. The van der Waals surface area contributed by atoms with E-state index in [0.29, 0.717) is 50.5 Å². The lowest BCUT2D eigenvalue weighted by Gasteiger charge is -2.20. The average Bonchev–Trinajstić information content (AvgIpc) is 3.46. The van der Waals surface area contributed by atoms with Crippen LogP contribution in [-0.2, 0) is 24.4 Å². The maximum Gasteiger partial charge on any atom is 0.255 e. The molecule has 1 aliphatic heterocycles. The molecule has 3 heterocycles. The molecule has 1 atom stereocenters. The summed E-state index contributed by atoms with van der Waals surface area (Å²) in [4.78, 5) is 27.7. The molecule has 0 unspecified atom stereocenters. The van der Waals surface area contributed by atoms with E-state index in [1.807, 2.05) is 49.0 Å². The second-order valence-corrected chi connectivity index (χ2v) is 9.24. The molecule has 0 fully saturated rings. The van der Waals surface area contributed by atoms with E-state index in [1.165, 1.54) is 0 Å². The van der Waals surface area contributed by atoms with Crippen LogP contribution in [0.25, 0.3) is 0 Å². The molecule has 36 heavy (non-hydrogen) atoms. The Balaban J connectivity index is 1.49. The molecule has 10 nitrogen and oxygen atoms in total. The van der Waals surface area contributed by atoms with Gasteiger partial charge in [-0.15, -0.1) is 5.10 Å². The lowest BCUT2D eigenvalue weighted by Crippen LogP contribution is -2.45. The molecule has 3 aromatic rings. The number of aromatic nitrogens is 3. The maximum absolute atomic E-state index is 12.9. The molecule has 2 bridgehead atoms. The predicted octanol–water partition coefficient (Wildman–Crippen LogP) is 2.60. The van der Waals surface area contributed by atoms with Gasteiger partial charge in [0.2, 0.25) is 5.91 Å². The number of ether oxygens (including phenoxy) is 1. The SMILES string of the molecule is Cc1ccc2c(c1)OCCCn1cc(nn1)CN(Cc1ccc(C)o1)CCCNC(=O)[C@@H](C)NC2=O. The number of hydrogen-bond donors (Lipinski definition) is 2. The van der Waals surface area contributed by atoms with Crippen LogP contribution in [0.3, 0.4) is 0 Å². The summed E-state index contributed by atoms with van der Waals surface area (Å²) in [5, 5.41) is 14.3. The number of nitrogens with one attached hydrogen (secondary N) is 2. The Hall–Kier alpha value is -3.66. The van der Waals surface area contributed by atoms with Gasteiger partial charge in [0.05, 0.1) is 24.4 Å². The molecule has 4 rings (SSSR count). The number of fused-ring (bicyclic) bond motifs is 3. The van der Waals surface area contributed by atoms with E-state index in [-0.39, 0.29) is 11.8 Å². The van der Waals surface area contributed by atoms with Gasteiger partial charge in [0.25, 0.3) is 5.91 Å². The van der Waals surface area contributed by atoms with Crippen LogP contribution < -0.4 is 15.4 Å². The monoisotopic (exact) mass is 494 g/mol. The molecule has 192 valence electrons. The van der Waals surface area contributed by atoms with Crippen molar-refractivity contribution >= 4 is 11.8 Å². The molecule has 2 amide bonds. The van der Waals surface area contributed by atoms with Crippen molar-refractivity contribution in [3.8, 4) is 5.75 Å². The molecule has 0 aliphatic carbocycles. The molecular weight excluding hydrogens is 460 g/mol. The van der Waals surface area contributed by atoms with Gasteiger partial charge in [-0.2, -0.15) is 0 Å². The van der Waals surface area contributed by atoms with Gasteiger partial charge in [0.1, 0.15) is 23.3 Å². The fourth-order valence-electron chi connectivity index (χ4n) is 4.11. The number of hydrogen-bond acceptors (Lipinski definition) is 7. The topological polar surface area (TPSA) is 115 Å². The molecule has 0 radical (unpaired) electrons. The molecule has 10 heteroatoms. The highest BCUT2D eigenvalue weighted by molar-refractivity contribution is 5.99. The molecule has 2 aromatic heterocycles. The van der Waals surface area contributed by atoms with Crippen molar-refractivity contribution in [3.63, 3.8) is 0 Å². The maximum atomic E-state index is 12.9. The van der Waals surface area contributed by atoms with Crippen LogP contribution in [0.5, 0.6) is 5.75 Å². The predicted molar refractivity (Wildman–Crippen MR) is 133 cm³/mol. The van der Waals surface area contributed by atoms with Gasteiger partial charge < -0.3 is 19.8 Å². The van der Waals surface area contributed by atoms with E-state index in [0.717, 1.165) is 35.7 Å². The highest BCUT2D eigenvalue weighted by Crippen LogP contribution is 2.21. The van der Waals surface area contributed by atoms with Gasteiger partial charge in [0.15, 0.2) is 0 Å². The smallest absolute Gasteiger partial charge is 0.255 e. The Morgan fingerprint density at radius 2 is 1.97 bits per heavy atom. The normalized spacial score (nSPS) is 18.7. The molecule has 2 N–H and O–H groups in total. The van der Waals surface area contributed by atoms with Crippen LogP contribution >= 0.6 is 0 Å². The van der Waals surface area contributed by atoms with E-state index < -0.39 is 6.04 Å². The highest BCUT2D eigenvalue weighted by Gasteiger charge is 2.20. The second kappa shape index (κ2) is 11.9. The highest BCUT2D eigenvalue weighted by atomic mass is 16.5. The third kappa shape index (κ3) is 6.94. The fraction of sp³-hybridized carbons (Fsp3) is 0.462. The zero-order valence-electron chi connectivity index (χ0n) is 21.1. The lowest BCUT2D eigenvalue weighted by molar-refractivity contribution is -0.122. The summed E-state index contributed by atoms with van der Waals surface area (Å²) >= 11 is 0. The number of furan rings is 1. The van der Waals surface area contributed by atoms with Crippen molar-refractivity contribution < 1.29 is 18.7 Å². The summed E-state index contributed by atoms with van der Waals surface area (Å²) in [5.41, 5.74) is 2.26. The minimum absolute atomic E-state index is 0.230. The first-order chi connectivity index (χ1) is 17.4. The number of rotatable bonds is 2. The third-order valence-electron chi connectivity index (χ3n) is 6.01. The van der Waals surface area contributed by atoms with Crippen molar-refractivity contribution in [2.45, 2.75) is 59.3 Å². The summed E-state index contributed by atoms with van der Waals surface area (Å²) in [5.74, 6) is 1.68. The number of carbonyl (C=O) groups excluding carboxylic acids is 2. The Morgan fingerprint density at radius 1 is 1.11 bits per heavy atom. The summed E-state index contributed by atoms with van der Waals surface area (Å²) < 4.78 is 13.5. The molecule has 1 aromatic carbocycles. The first-order valence-electron chi connectivity index (χ1n) is 12.4. The zero-order valence-corrected chi connectivity index (χ0v) is 21.1. The van der Waals surface area contributed by atoms with Gasteiger partial charge >= 0.3 is 0 Å². The van der Waals surface area contributed by atoms with E-state index in [1.54, 1.807) is 13.0 Å². The van der Waals surface area contributed by atoms with Crippen LogP contribution in [0.4, 0.5) is 0 Å². The number of nitrogens with zero attached hydrogens (tertiary/aromatic N) is 4. The minimum Gasteiger partial charge on any atom is -0.493 e. The van der Waals surface area contributed by atoms with Crippen molar-refractivity contribution in [1.29, 1.82) is 0 Å². The van der Waals surface area contributed by atoms with Crippen molar-refractivity contribution in [3.05, 3.63) is 64.9 Å². The summed E-state index contributed by atoms with van der Waals surface area (Å²) in [6.45, 7) is 9.07. The van der Waals surface area contributed by atoms with E-state index in [2.05, 4.69) is 25.8 Å². The first kappa shape index (κ1) is 25.4. The zero-order chi connectivity index (χ0) is 25.5. The van der Waals surface area contributed by atoms with E-state index >= 15 is 0 Å². The van der Waals surface area contributed by atoms with Gasteiger partial charge in [0, 0.05) is 38.8 Å². The Labute approximate surface area is 211 Å². The van der Waals surface area contributed by atoms with Crippen LogP contribution in [0, 0.1) is 13.8 Å². The second-order valence-electron chi connectivity index (χ2n) is 9.24. The Morgan fingerprint density at radius 3 is 2.78 bits per heavy atom. The summed E-state index contributed by atoms with van der Waals surface area (Å²) in [6, 6.07) is 8.68. The number of carbonyl (C=O) groups is 2. The quantitative estimate of drug-likeness (QED) is 0.563. The van der Waals surface area contributed by atoms with E-state index in [4.69, 9.17) is 9.15 Å². The minimum atomic E-state index is -0.676. The average molecular weight is 495 g/mol. The number of amides is 2. The van der Waals surface area contributed by atoms with Crippen LogP contribution in [0.2, 0.25) is 0 Å². The van der Waals surface area contributed by atoms with Gasteiger partial charge in [-0.05, 0) is 57.0 Å². The molecule has 0 saturated heterocycles. The van der Waals surface area contributed by atoms with Crippen molar-refractivity contribution in [2.75, 3.05) is 19.7 Å². The van der Waals surface area contributed by atoms with Gasteiger partial charge in [-0.1, -0.05) is 11.3 Å². The molecular formula is C26H34N6O4. The summed E-state index contributed by atoms with van der Waals surface area (Å²) in [7, 11) is 0. The van der Waals surface area contributed by atoms with Crippen LogP contribution in [0.15, 0.2) is 40.9 Å². The van der Waals surface area contributed by atoms with Crippen molar-refractivity contribution in [2.24, 2.45) is 0 Å². The first-order valence-corrected chi connectivity index (χ1v) is 12.4. The lowest BCUT2D eigenvalue weighted by atomic mass is 10.1. The third-order valence-corrected chi connectivity index (χ3v) is 6.01. The number of aryl methyl sites for hydroxylation is 3. The molecule has 1 aliphatic rings.